The second-order valence-electron chi connectivity index (χ2n) is 3.45. The van der Waals surface area contributed by atoms with Crippen LogP contribution in [0.2, 0.25) is 0 Å². The van der Waals surface area contributed by atoms with Gasteiger partial charge in [-0.15, -0.1) is 0 Å². The number of carbonyl (C=O) groups is 1. The Morgan fingerprint density at radius 2 is 2.20 bits per heavy atom. The lowest BCUT2D eigenvalue weighted by atomic mass is 10.1. The first-order valence-electron chi connectivity index (χ1n) is 5.56. The van der Waals surface area contributed by atoms with Crippen molar-refractivity contribution in [3.8, 4) is 0 Å². The maximum absolute atomic E-state index is 13.0. The van der Waals surface area contributed by atoms with Gasteiger partial charge < -0.3 is 10.5 Å². The molecule has 0 spiro atoms. The fourth-order valence-electron chi connectivity index (χ4n) is 1.26. The molecule has 8 heteroatoms. The highest BCUT2D eigenvalue weighted by Crippen LogP contribution is 2.25. The number of alkyl halides is 3. The summed E-state index contributed by atoms with van der Waals surface area (Å²) >= 11 is 0. The molecule has 5 nitrogen and oxygen atoms in total. The van der Waals surface area contributed by atoms with Crippen molar-refractivity contribution < 1.29 is 22.7 Å². The molecule has 0 atom stereocenters. The SMILES string of the molecule is CCOC(=O)C(=CN)C(=Nc1ccccn1)C(F)(F)F. The number of carbonyl (C=O) groups excluding carboxylic acids is 1. The Bertz CT molecular complexity index is 524. The molecule has 2 N–H and O–H groups in total. The molecule has 0 aromatic carbocycles. The molecule has 1 heterocycles. The van der Waals surface area contributed by atoms with Gasteiger partial charge in [-0.3, -0.25) is 0 Å². The van der Waals surface area contributed by atoms with Gasteiger partial charge in [-0.1, -0.05) is 6.07 Å². The molecule has 1 aromatic heterocycles. The Morgan fingerprint density at radius 1 is 1.50 bits per heavy atom. The molecule has 0 aliphatic heterocycles. The zero-order valence-electron chi connectivity index (χ0n) is 10.5. The van der Waals surface area contributed by atoms with Crippen molar-refractivity contribution in [2.75, 3.05) is 6.61 Å². The van der Waals surface area contributed by atoms with Crippen LogP contribution in [0.25, 0.3) is 0 Å². The third-order valence-electron chi connectivity index (χ3n) is 2.06. The van der Waals surface area contributed by atoms with Crippen molar-refractivity contribution in [3.63, 3.8) is 0 Å². The van der Waals surface area contributed by atoms with Gasteiger partial charge in [0.2, 0.25) is 0 Å². The molecule has 0 saturated heterocycles. The van der Waals surface area contributed by atoms with Crippen LogP contribution in [0.5, 0.6) is 0 Å². The van der Waals surface area contributed by atoms with Gasteiger partial charge in [-0.05, 0) is 19.1 Å². The van der Waals surface area contributed by atoms with E-state index in [1.54, 1.807) is 0 Å². The van der Waals surface area contributed by atoms with Crippen LogP contribution in [0.1, 0.15) is 6.92 Å². The molecule has 0 saturated carbocycles. The van der Waals surface area contributed by atoms with Crippen molar-refractivity contribution >= 4 is 17.5 Å². The number of ether oxygens (including phenoxy) is 1. The monoisotopic (exact) mass is 287 g/mol. The first-order valence-corrected chi connectivity index (χ1v) is 5.56. The summed E-state index contributed by atoms with van der Waals surface area (Å²) in [5.41, 5.74) is 2.79. The van der Waals surface area contributed by atoms with Gasteiger partial charge in [0, 0.05) is 12.4 Å². The van der Waals surface area contributed by atoms with E-state index in [0.717, 1.165) is 0 Å². The molecule has 0 unspecified atom stereocenters. The summed E-state index contributed by atoms with van der Waals surface area (Å²) in [6, 6.07) is 4.26. The second-order valence-corrected chi connectivity index (χ2v) is 3.45. The first kappa shape index (κ1) is 15.7. The molecule has 108 valence electrons. The van der Waals surface area contributed by atoms with Crippen LogP contribution in [0, 0.1) is 0 Å². The van der Waals surface area contributed by atoms with E-state index in [1.807, 2.05) is 0 Å². The number of esters is 1. The number of hydrogen-bond acceptors (Lipinski definition) is 5. The fraction of sp³-hybridized carbons (Fsp3) is 0.250. The lowest BCUT2D eigenvalue weighted by Gasteiger charge is -2.12. The van der Waals surface area contributed by atoms with E-state index in [-0.39, 0.29) is 12.4 Å². The van der Waals surface area contributed by atoms with Gasteiger partial charge in [0.25, 0.3) is 0 Å². The molecule has 20 heavy (non-hydrogen) atoms. The molecule has 1 aromatic rings. The van der Waals surface area contributed by atoms with Crippen LogP contribution in [0.15, 0.2) is 41.2 Å². The molecular weight excluding hydrogens is 275 g/mol. The van der Waals surface area contributed by atoms with Crippen molar-refractivity contribution in [2.45, 2.75) is 13.1 Å². The van der Waals surface area contributed by atoms with Gasteiger partial charge in [0.1, 0.15) is 5.57 Å². The number of rotatable bonds is 4. The molecular formula is C12H12F3N3O2. The average molecular weight is 287 g/mol. The number of nitrogens with zero attached hydrogens (tertiary/aromatic N) is 2. The van der Waals surface area contributed by atoms with Crippen molar-refractivity contribution in [1.29, 1.82) is 0 Å². The minimum Gasteiger partial charge on any atom is -0.462 e. The molecule has 0 bridgehead atoms. The zero-order chi connectivity index (χ0) is 15.2. The summed E-state index contributed by atoms with van der Waals surface area (Å²) < 4.78 is 43.5. The zero-order valence-corrected chi connectivity index (χ0v) is 10.5. The first-order chi connectivity index (χ1) is 9.40. The standard InChI is InChI=1S/C12H12F3N3O2/c1-2-20-11(19)8(7-16)10(12(13,14)15)18-9-5-3-4-6-17-9/h3-7H,2,16H2,1H3. The summed E-state index contributed by atoms with van der Waals surface area (Å²) in [7, 11) is 0. The molecule has 0 aliphatic rings. The summed E-state index contributed by atoms with van der Waals surface area (Å²) in [5, 5.41) is 0. The number of aliphatic imine (C=N–C) groups is 1. The maximum atomic E-state index is 13.0. The minimum absolute atomic E-state index is 0.0785. The highest BCUT2D eigenvalue weighted by molar-refractivity contribution is 6.22. The van der Waals surface area contributed by atoms with Crippen molar-refractivity contribution in [1.82, 2.24) is 4.98 Å². The molecule has 0 radical (unpaired) electrons. The second kappa shape index (κ2) is 6.69. The van der Waals surface area contributed by atoms with E-state index in [1.165, 1.54) is 31.3 Å². The number of nitrogens with two attached hydrogens (primary N) is 1. The quantitative estimate of drug-likeness (QED) is 0.522. The van der Waals surface area contributed by atoms with Crippen molar-refractivity contribution in [2.24, 2.45) is 10.7 Å². The van der Waals surface area contributed by atoms with Crippen LogP contribution in [0.4, 0.5) is 19.0 Å². The highest BCUT2D eigenvalue weighted by atomic mass is 19.4. The summed E-state index contributed by atoms with van der Waals surface area (Å²) in [5.74, 6) is -1.38. The van der Waals surface area contributed by atoms with E-state index in [2.05, 4.69) is 14.7 Å². The Morgan fingerprint density at radius 3 is 2.65 bits per heavy atom. The van der Waals surface area contributed by atoms with E-state index >= 15 is 0 Å². The lowest BCUT2D eigenvalue weighted by Crippen LogP contribution is -2.30. The van der Waals surface area contributed by atoms with Crippen LogP contribution in [0.3, 0.4) is 0 Å². The van der Waals surface area contributed by atoms with Crippen LogP contribution in [-0.2, 0) is 9.53 Å². The minimum atomic E-state index is -4.87. The number of pyridine rings is 1. The van der Waals surface area contributed by atoms with Crippen LogP contribution < -0.4 is 5.73 Å². The Hall–Kier alpha value is -2.38. The Balaban J connectivity index is 3.27. The summed E-state index contributed by atoms with van der Waals surface area (Å²) in [6.45, 7) is 1.39. The number of halogens is 3. The van der Waals surface area contributed by atoms with Gasteiger partial charge in [0.15, 0.2) is 11.5 Å². The molecule has 0 amide bonds. The lowest BCUT2D eigenvalue weighted by molar-refractivity contribution is -0.138. The average Bonchev–Trinajstić information content (AvgIpc) is 2.39. The van der Waals surface area contributed by atoms with Gasteiger partial charge in [0.05, 0.1) is 6.61 Å². The number of aromatic nitrogens is 1. The van der Waals surface area contributed by atoms with Crippen molar-refractivity contribution in [3.05, 3.63) is 36.2 Å². The van der Waals surface area contributed by atoms with E-state index in [0.29, 0.717) is 6.20 Å². The smallest absolute Gasteiger partial charge is 0.434 e. The number of hydrogen-bond donors (Lipinski definition) is 1. The predicted octanol–water partition coefficient (Wildman–Crippen LogP) is 2.12. The summed E-state index contributed by atoms with van der Waals surface area (Å²) in [4.78, 5) is 18.5. The van der Waals surface area contributed by atoms with Crippen LogP contribution in [-0.4, -0.2) is 29.4 Å². The molecule has 0 aliphatic carbocycles. The molecule has 0 fully saturated rings. The van der Waals surface area contributed by atoms with E-state index in [4.69, 9.17) is 5.73 Å². The Kier molecular flexibility index (Phi) is 5.24. The molecule has 1 rings (SSSR count). The third kappa shape index (κ3) is 4.08. The van der Waals surface area contributed by atoms with Crippen LogP contribution >= 0.6 is 0 Å². The normalized spacial score (nSPS) is 13.2. The maximum Gasteiger partial charge on any atom is 0.434 e. The third-order valence-corrected chi connectivity index (χ3v) is 2.06. The van der Waals surface area contributed by atoms with Gasteiger partial charge in [-0.25, -0.2) is 14.8 Å². The fourth-order valence-corrected chi connectivity index (χ4v) is 1.26. The highest BCUT2D eigenvalue weighted by Gasteiger charge is 2.41. The van der Waals surface area contributed by atoms with E-state index in [9.17, 15) is 18.0 Å². The Labute approximate surface area is 113 Å². The topological polar surface area (TPSA) is 77.6 Å². The van der Waals surface area contributed by atoms with Gasteiger partial charge in [-0.2, -0.15) is 13.2 Å². The van der Waals surface area contributed by atoms with E-state index < -0.39 is 23.4 Å². The predicted molar refractivity (Wildman–Crippen MR) is 66.3 cm³/mol. The largest absolute Gasteiger partial charge is 0.462 e. The van der Waals surface area contributed by atoms with Gasteiger partial charge >= 0.3 is 12.1 Å². The summed E-state index contributed by atoms with van der Waals surface area (Å²) in [6.07, 6.45) is -3.06.